The maximum absolute atomic E-state index is 9.11. The second-order valence-corrected chi connectivity index (χ2v) is 3.25. The lowest BCUT2D eigenvalue weighted by atomic mass is 9.96. The highest BCUT2D eigenvalue weighted by atomic mass is 16.6. The van der Waals surface area contributed by atoms with Gasteiger partial charge in [0.25, 0.3) is 0 Å². The van der Waals surface area contributed by atoms with E-state index in [1.54, 1.807) is 14.0 Å². The van der Waals surface area contributed by atoms with Crippen LogP contribution in [0.2, 0.25) is 0 Å². The molecular weight excluding hydrogens is 204 g/mol. The van der Waals surface area contributed by atoms with Gasteiger partial charge in [0, 0.05) is 0 Å². The average Bonchev–Trinajstić information content (AvgIpc) is 2.31. The van der Waals surface area contributed by atoms with Crippen molar-refractivity contribution in [1.29, 1.82) is 5.26 Å². The summed E-state index contributed by atoms with van der Waals surface area (Å²) >= 11 is 0. The first-order chi connectivity index (χ1) is 7.72. The first kappa shape index (κ1) is 12.1. The number of hydrogen-bond acceptors (Lipinski definition) is 4. The molecule has 0 saturated heterocycles. The fraction of sp³-hybridized carbons (Fsp3) is 0.333. The van der Waals surface area contributed by atoms with E-state index in [4.69, 9.17) is 10.00 Å². The summed E-state index contributed by atoms with van der Waals surface area (Å²) in [5.74, 6) is 0.318. The van der Waals surface area contributed by atoms with Gasteiger partial charge in [-0.15, -0.1) is 0 Å². The van der Waals surface area contributed by atoms with Crippen LogP contribution in [0, 0.1) is 11.3 Å². The number of hydrogen-bond donors (Lipinski definition) is 0. The summed E-state index contributed by atoms with van der Waals surface area (Å²) < 4.78 is 5.11. The van der Waals surface area contributed by atoms with Crippen LogP contribution in [0.3, 0.4) is 0 Å². The minimum absolute atomic E-state index is 0.407. The molecule has 0 spiro atoms. The molecule has 1 aromatic rings. The summed E-state index contributed by atoms with van der Waals surface area (Å²) in [4.78, 5) is 4.67. The number of oxime groups is 1. The third kappa shape index (κ3) is 2.74. The van der Waals surface area contributed by atoms with Gasteiger partial charge in [0.1, 0.15) is 18.8 Å². The predicted octanol–water partition coefficient (Wildman–Crippen LogP) is 2.32. The molecule has 0 fully saturated rings. The molecule has 0 aliphatic rings. The Kier molecular flexibility index (Phi) is 4.34. The Morgan fingerprint density at radius 3 is 2.75 bits per heavy atom. The van der Waals surface area contributed by atoms with Crippen molar-refractivity contribution in [3.05, 3.63) is 29.8 Å². The summed E-state index contributed by atoms with van der Waals surface area (Å²) in [6, 6.07) is 9.56. The van der Waals surface area contributed by atoms with Gasteiger partial charge in [-0.25, -0.2) is 0 Å². The van der Waals surface area contributed by atoms with Crippen molar-refractivity contribution in [2.45, 2.75) is 12.8 Å². The molecule has 0 amide bonds. The molecule has 0 aliphatic heterocycles. The molecule has 4 nitrogen and oxygen atoms in total. The minimum atomic E-state index is -0.407. The first-order valence-corrected chi connectivity index (χ1v) is 4.84. The SMILES string of the molecule is CO/N=C(\C)C(C#N)c1cccc(OC)c1. The third-order valence-electron chi connectivity index (χ3n) is 2.21. The molecule has 4 heteroatoms. The highest BCUT2D eigenvalue weighted by molar-refractivity contribution is 5.90. The Balaban J connectivity index is 3.05. The van der Waals surface area contributed by atoms with Gasteiger partial charge in [-0.2, -0.15) is 5.26 Å². The Hall–Kier alpha value is -2.02. The van der Waals surface area contributed by atoms with Crippen LogP contribution in [0.5, 0.6) is 5.75 Å². The predicted molar refractivity (Wildman–Crippen MR) is 61.5 cm³/mol. The smallest absolute Gasteiger partial charge is 0.119 e. The van der Waals surface area contributed by atoms with Crippen LogP contribution >= 0.6 is 0 Å². The second-order valence-electron chi connectivity index (χ2n) is 3.25. The lowest BCUT2D eigenvalue weighted by molar-refractivity contribution is 0.212. The number of nitriles is 1. The van der Waals surface area contributed by atoms with Gasteiger partial charge in [-0.05, 0) is 24.6 Å². The molecule has 0 heterocycles. The first-order valence-electron chi connectivity index (χ1n) is 4.84. The summed E-state index contributed by atoms with van der Waals surface area (Å²) in [5, 5.41) is 12.9. The lowest BCUT2D eigenvalue weighted by Crippen LogP contribution is -2.07. The van der Waals surface area contributed by atoms with Gasteiger partial charge in [0.15, 0.2) is 0 Å². The summed E-state index contributed by atoms with van der Waals surface area (Å²) in [7, 11) is 3.06. The van der Waals surface area contributed by atoms with Crippen molar-refractivity contribution in [3.8, 4) is 11.8 Å². The summed E-state index contributed by atoms with van der Waals surface area (Å²) in [6.45, 7) is 1.76. The van der Waals surface area contributed by atoms with E-state index in [2.05, 4.69) is 16.1 Å². The van der Waals surface area contributed by atoms with Crippen LogP contribution in [-0.2, 0) is 4.84 Å². The second kappa shape index (κ2) is 5.76. The van der Waals surface area contributed by atoms with Crippen molar-refractivity contribution >= 4 is 5.71 Å². The number of benzene rings is 1. The summed E-state index contributed by atoms with van der Waals surface area (Å²) in [6.07, 6.45) is 0. The molecule has 0 N–H and O–H groups in total. The zero-order valence-corrected chi connectivity index (χ0v) is 9.60. The van der Waals surface area contributed by atoms with Gasteiger partial charge in [0.05, 0.1) is 18.9 Å². The standard InChI is InChI=1S/C12H14N2O2/c1-9(14-16-3)12(8-13)10-5-4-6-11(7-10)15-2/h4-7,12H,1-3H3/b14-9+. The van der Waals surface area contributed by atoms with Crippen LogP contribution in [0.4, 0.5) is 0 Å². The number of rotatable bonds is 4. The van der Waals surface area contributed by atoms with E-state index in [0.717, 1.165) is 11.3 Å². The van der Waals surface area contributed by atoms with Gasteiger partial charge in [-0.1, -0.05) is 17.3 Å². The Bertz CT molecular complexity index is 421. The zero-order valence-electron chi connectivity index (χ0n) is 9.60. The van der Waals surface area contributed by atoms with E-state index in [9.17, 15) is 0 Å². The minimum Gasteiger partial charge on any atom is -0.497 e. The highest BCUT2D eigenvalue weighted by Gasteiger charge is 2.15. The molecule has 0 bridgehead atoms. The Labute approximate surface area is 95.1 Å². The molecule has 84 valence electrons. The third-order valence-corrected chi connectivity index (χ3v) is 2.21. The highest BCUT2D eigenvalue weighted by Crippen LogP contribution is 2.21. The normalized spacial score (nSPS) is 12.8. The van der Waals surface area contributed by atoms with E-state index < -0.39 is 5.92 Å². The van der Waals surface area contributed by atoms with Gasteiger partial charge in [0.2, 0.25) is 0 Å². The van der Waals surface area contributed by atoms with Gasteiger partial charge in [-0.3, -0.25) is 0 Å². The van der Waals surface area contributed by atoms with Gasteiger partial charge < -0.3 is 9.57 Å². The van der Waals surface area contributed by atoms with Crippen molar-refractivity contribution in [2.75, 3.05) is 14.2 Å². The van der Waals surface area contributed by atoms with Crippen LogP contribution in [0.1, 0.15) is 18.4 Å². The van der Waals surface area contributed by atoms with Crippen LogP contribution in [0.15, 0.2) is 29.4 Å². The maximum atomic E-state index is 9.11. The fourth-order valence-electron chi connectivity index (χ4n) is 1.43. The molecule has 1 rings (SSSR count). The molecular formula is C12H14N2O2. The van der Waals surface area contributed by atoms with Crippen molar-refractivity contribution in [3.63, 3.8) is 0 Å². The average molecular weight is 218 g/mol. The van der Waals surface area contributed by atoms with E-state index in [1.165, 1.54) is 7.11 Å². The van der Waals surface area contributed by atoms with E-state index >= 15 is 0 Å². The molecule has 16 heavy (non-hydrogen) atoms. The molecule has 1 unspecified atom stereocenters. The monoisotopic (exact) mass is 218 g/mol. The molecule has 0 radical (unpaired) electrons. The number of nitrogens with zero attached hydrogens (tertiary/aromatic N) is 2. The molecule has 0 aromatic heterocycles. The fourth-order valence-corrected chi connectivity index (χ4v) is 1.43. The van der Waals surface area contributed by atoms with Gasteiger partial charge >= 0.3 is 0 Å². The Morgan fingerprint density at radius 2 is 2.19 bits per heavy atom. The Morgan fingerprint density at radius 1 is 1.44 bits per heavy atom. The molecule has 0 saturated carbocycles. The van der Waals surface area contributed by atoms with Crippen LogP contribution in [0.25, 0.3) is 0 Å². The van der Waals surface area contributed by atoms with Crippen LogP contribution < -0.4 is 4.74 Å². The zero-order chi connectivity index (χ0) is 12.0. The van der Waals surface area contributed by atoms with E-state index in [0.29, 0.717) is 5.71 Å². The lowest BCUT2D eigenvalue weighted by Gasteiger charge is -2.09. The summed E-state index contributed by atoms with van der Waals surface area (Å²) in [5.41, 5.74) is 1.47. The topological polar surface area (TPSA) is 54.6 Å². The van der Waals surface area contributed by atoms with E-state index in [-0.39, 0.29) is 0 Å². The van der Waals surface area contributed by atoms with Crippen molar-refractivity contribution in [1.82, 2.24) is 0 Å². The number of ether oxygens (including phenoxy) is 1. The molecule has 0 aliphatic carbocycles. The van der Waals surface area contributed by atoms with E-state index in [1.807, 2.05) is 24.3 Å². The molecule has 1 atom stereocenters. The largest absolute Gasteiger partial charge is 0.497 e. The van der Waals surface area contributed by atoms with Crippen LogP contribution in [-0.4, -0.2) is 19.9 Å². The maximum Gasteiger partial charge on any atom is 0.119 e. The number of methoxy groups -OCH3 is 1. The van der Waals surface area contributed by atoms with Crippen molar-refractivity contribution < 1.29 is 9.57 Å². The quantitative estimate of drug-likeness (QED) is 0.575. The molecule has 1 aromatic carbocycles. The van der Waals surface area contributed by atoms with Crippen molar-refractivity contribution in [2.24, 2.45) is 5.16 Å².